The van der Waals surface area contributed by atoms with Gasteiger partial charge in [0, 0.05) is 13.8 Å². The van der Waals surface area contributed by atoms with Crippen LogP contribution in [0.25, 0.3) is 0 Å². The number of ether oxygens (including phenoxy) is 2. The molecule has 1 aliphatic heterocycles. The van der Waals surface area contributed by atoms with E-state index in [0.717, 1.165) is 5.56 Å². The molecule has 6 nitrogen and oxygen atoms in total. The summed E-state index contributed by atoms with van der Waals surface area (Å²) >= 11 is 0. The first-order valence-electron chi connectivity index (χ1n) is 7.36. The minimum atomic E-state index is -0.519. The van der Waals surface area contributed by atoms with E-state index in [2.05, 4.69) is 10.6 Å². The van der Waals surface area contributed by atoms with Gasteiger partial charge in [0.25, 0.3) is 0 Å². The molecule has 120 valence electrons. The Morgan fingerprint density at radius 3 is 2.50 bits per heavy atom. The number of rotatable bonds is 5. The molecule has 2 amide bonds. The van der Waals surface area contributed by atoms with Gasteiger partial charge in [-0.3, -0.25) is 9.59 Å². The summed E-state index contributed by atoms with van der Waals surface area (Å²) in [4.78, 5) is 22.5. The second-order valence-corrected chi connectivity index (χ2v) is 5.44. The molecule has 0 bridgehead atoms. The van der Waals surface area contributed by atoms with Crippen LogP contribution in [-0.2, 0) is 25.7 Å². The van der Waals surface area contributed by atoms with E-state index < -0.39 is 6.29 Å². The van der Waals surface area contributed by atoms with Crippen LogP contribution in [0.5, 0.6) is 0 Å². The van der Waals surface area contributed by atoms with Crippen LogP contribution in [0.1, 0.15) is 25.8 Å². The summed E-state index contributed by atoms with van der Waals surface area (Å²) in [6.45, 7) is 3.70. The lowest BCUT2D eigenvalue weighted by Gasteiger charge is -2.36. The highest BCUT2D eigenvalue weighted by molar-refractivity contribution is 5.74. The quantitative estimate of drug-likeness (QED) is 0.849. The van der Waals surface area contributed by atoms with Crippen molar-refractivity contribution in [2.75, 3.05) is 6.61 Å². The van der Waals surface area contributed by atoms with Gasteiger partial charge in [-0.2, -0.15) is 0 Å². The first kappa shape index (κ1) is 16.5. The Labute approximate surface area is 130 Å². The van der Waals surface area contributed by atoms with Gasteiger partial charge in [0.05, 0.1) is 25.3 Å². The summed E-state index contributed by atoms with van der Waals surface area (Å²) in [5.41, 5.74) is 1.04. The lowest BCUT2D eigenvalue weighted by Crippen LogP contribution is -2.55. The van der Waals surface area contributed by atoms with Crippen LogP contribution in [-0.4, -0.2) is 36.8 Å². The second kappa shape index (κ2) is 7.91. The van der Waals surface area contributed by atoms with Crippen molar-refractivity contribution in [1.82, 2.24) is 10.6 Å². The largest absolute Gasteiger partial charge is 0.351 e. The zero-order valence-corrected chi connectivity index (χ0v) is 12.9. The molecule has 6 heteroatoms. The Morgan fingerprint density at radius 2 is 1.86 bits per heavy atom. The number of amides is 2. The third-order valence-electron chi connectivity index (χ3n) is 3.38. The fraction of sp³-hybridized carbons (Fsp3) is 0.500. The predicted molar refractivity (Wildman–Crippen MR) is 80.8 cm³/mol. The van der Waals surface area contributed by atoms with Crippen molar-refractivity contribution in [2.45, 2.75) is 45.2 Å². The standard InChI is InChI=1S/C16H22N2O4/c1-11(19)17-14-8-15(18-12(2)20)16(22-10-14)21-9-13-6-4-3-5-7-13/h3-7,14-16H,8-10H2,1-2H3,(H,17,19)(H,18,20)/t14-,15+,16-/m0/s1. The number of nitrogens with one attached hydrogen (secondary N) is 2. The molecule has 1 fully saturated rings. The molecule has 0 unspecified atom stereocenters. The van der Waals surface area contributed by atoms with Crippen molar-refractivity contribution in [1.29, 1.82) is 0 Å². The van der Waals surface area contributed by atoms with E-state index >= 15 is 0 Å². The van der Waals surface area contributed by atoms with Crippen LogP contribution in [0.15, 0.2) is 30.3 Å². The Balaban J connectivity index is 1.93. The number of hydrogen-bond donors (Lipinski definition) is 2. The average Bonchev–Trinajstić information content (AvgIpc) is 2.46. The Hall–Kier alpha value is -1.92. The van der Waals surface area contributed by atoms with Crippen molar-refractivity contribution in [2.24, 2.45) is 0 Å². The molecule has 1 aromatic carbocycles. The van der Waals surface area contributed by atoms with Gasteiger partial charge in [0.1, 0.15) is 0 Å². The molecule has 0 saturated carbocycles. The van der Waals surface area contributed by atoms with Gasteiger partial charge < -0.3 is 20.1 Å². The van der Waals surface area contributed by atoms with Gasteiger partial charge >= 0.3 is 0 Å². The zero-order chi connectivity index (χ0) is 15.9. The molecule has 1 heterocycles. The topological polar surface area (TPSA) is 76.7 Å². The molecule has 2 N–H and O–H groups in total. The minimum absolute atomic E-state index is 0.112. The maximum absolute atomic E-state index is 11.4. The molecule has 0 radical (unpaired) electrons. The van der Waals surface area contributed by atoms with Crippen molar-refractivity contribution in [3.63, 3.8) is 0 Å². The van der Waals surface area contributed by atoms with E-state index in [-0.39, 0.29) is 23.9 Å². The van der Waals surface area contributed by atoms with E-state index in [4.69, 9.17) is 9.47 Å². The number of carbonyl (C=O) groups is 2. The van der Waals surface area contributed by atoms with Gasteiger partial charge in [0.2, 0.25) is 11.8 Å². The molecule has 0 aromatic heterocycles. The highest BCUT2D eigenvalue weighted by atomic mass is 16.7. The lowest BCUT2D eigenvalue weighted by molar-refractivity contribution is -0.192. The highest BCUT2D eigenvalue weighted by Gasteiger charge is 2.33. The molecule has 1 aliphatic rings. The predicted octanol–water partition coefficient (Wildman–Crippen LogP) is 0.959. The van der Waals surface area contributed by atoms with Gasteiger partial charge in [0.15, 0.2) is 6.29 Å². The first-order valence-corrected chi connectivity index (χ1v) is 7.36. The third-order valence-corrected chi connectivity index (χ3v) is 3.38. The molecular weight excluding hydrogens is 284 g/mol. The fourth-order valence-corrected chi connectivity index (χ4v) is 2.51. The normalized spacial score (nSPS) is 24.5. The van der Waals surface area contributed by atoms with E-state index in [9.17, 15) is 9.59 Å². The molecule has 0 aliphatic carbocycles. The number of benzene rings is 1. The summed E-state index contributed by atoms with van der Waals surface area (Å²) in [6.07, 6.45) is 0.0626. The van der Waals surface area contributed by atoms with E-state index in [1.54, 1.807) is 0 Å². The van der Waals surface area contributed by atoms with Crippen molar-refractivity contribution in [3.8, 4) is 0 Å². The molecular formula is C16H22N2O4. The molecule has 3 atom stereocenters. The van der Waals surface area contributed by atoms with Gasteiger partial charge in [-0.05, 0) is 12.0 Å². The first-order chi connectivity index (χ1) is 10.5. The highest BCUT2D eigenvalue weighted by Crippen LogP contribution is 2.17. The third kappa shape index (κ3) is 5.13. The monoisotopic (exact) mass is 306 g/mol. The van der Waals surface area contributed by atoms with Crippen molar-refractivity contribution in [3.05, 3.63) is 35.9 Å². The fourth-order valence-electron chi connectivity index (χ4n) is 2.51. The Morgan fingerprint density at radius 1 is 1.18 bits per heavy atom. The summed E-state index contributed by atoms with van der Waals surface area (Å²) < 4.78 is 11.5. The average molecular weight is 306 g/mol. The number of hydrogen-bond acceptors (Lipinski definition) is 4. The SMILES string of the molecule is CC(=O)N[C@@H]1CO[C@H](OCc2ccccc2)[C@H](NC(C)=O)C1. The zero-order valence-electron chi connectivity index (χ0n) is 12.9. The van der Waals surface area contributed by atoms with Crippen LogP contribution in [0.2, 0.25) is 0 Å². The lowest BCUT2D eigenvalue weighted by atomic mass is 10.0. The summed E-state index contributed by atoms with van der Waals surface area (Å²) in [7, 11) is 0. The number of carbonyl (C=O) groups excluding carboxylic acids is 2. The van der Waals surface area contributed by atoms with Crippen molar-refractivity contribution < 1.29 is 19.1 Å². The van der Waals surface area contributed by atoms with Gasteiger partial charge in [-0.25, -0.2) is 0 Å². The summed E-state index contributed by atoms with van der Waals surface area (Å²) in [6, 6.07) is 9.36. The van der Waals surface area contributed by atoms with Crippen LogP contribution < -0.4 is 10.6 Å². The molecule has 1 aromatic rings. The molecule has 1 saturated heterocycles. The van der Waals surface area contributed by atoms with Crippen molar-refractivity contribution >= 4 is 11.8 Å². The maximum atomic E-state index is 11.4. The van der Waals surface area contributed by atoms with Crippen LogP contribution in [0.4, 0.5) is 0 Å². The van der Waals surface area contributed by atoms with Gasteiger partial charge in [-0.1, -0.05) is 30.3 Å². The molecule has 0 spiro atoms. The minimum Gasteiger partial charge on any atom is -0.351 e. The Kier molecular flexibility index (Phi) is 5.91. The smallest absolute Gasteiger partial charge is 0.217 e. The van der Waals surface area contributed by atoms with Crippen LogP contribution >= 0.6 is 0 Å². The van der Waals surface area contributed by atoms with Crippen LogP contribution in [0, 0.1) is 0 Å². The molecule has 22 heavy (non-hydrogen) atoms. The maximum Gasteiger partial charge on any atom is 0.217 e. The second-order valence-electron chi connectivity index (χ2n) is 5.44. The van der Waals surface area contributed by atoms with E-state index in [1.807, 2.05) is 30.3 Å². The van der Waals surface area contributed by atoms with Gasteiger partial charge in [-0.15, -0.1) is 0 Å². The summed E-state index contributed by atoms with van der Waals surface area (Å²) in [5.74, 6) is -0.260. The van der Waals surface area contributed by atoms with E-state index in [0.29, 0.717) is 19.6 Å². The van der Waals surface area contributed by atoms with Crippen LogP contribution in [0.3, 0.4) is 0 Å². The summed E-state index contributed by atoms with van der Waals surface area (Å²) in [5, 5.41) is 5.64. The molecule has 2 rings (SSSR count). The van der Waals surface area contributed by atoms with E-state index in [1.165, 1.54) is 13.8 Å². The Bertz CT molecular complexity index is 506.